The van der Waals surface area contributed by atoms with Crippen LogP contribution in [0.4, 0.5) is 11.4 Å². The second kappa shape index (κ2) is 15.9. The molecule has 1 amide bonds. The first-order chi connectivity index (χ1) is 24.5. The number of hydrogen-bond donors (Lipinski definition) is 5. The number of carbonyl (C=O) groups excluding carboxylic acids is 2. The highest BCUT2D eigenvalue weighted by Crippen LogP contribution is 2.42. The Morgan fingerprint density at radius 1 is 0.804 bits per heavy atom. The van der Waals surface area contributed by atoms with Gasteiger partial charge in [-0.25, -0.2) is 8.42 Å². The van der Waals surface area contributed by atoms with Crippen LogP contribution >= 0.6 is 0 Å². The molecule has 51 heavy (non-hydrogen) atoms. The van der Waals surface area contributed by atoms with Gasteiger partial charge in [0, 0.05) is 30.8 Å². The van der Waals surface area contributed by atoms with Gasteiger partial charge in [-0.3, -0.25) is 19.7 Å². The summed E-state index contributed by atoms with van der Waals surface area (Å²) in [6.07, 6.45) is 0. The Morgan fingerprint density at radius 3 is 1.96 bits per heavy atom. The SMILES string of the molecule is COc1cc(C(Nc2ccc(C(=N)N)cc2)(OC(C)=O)C(=O)NCc2ccccc2)c(NS(=O)(=O)c2ccccc2)cc1OCc1ccccc1. The molecular weight excluding hydrogens is 671 g/mol. The molecule has 0 aromatic heterocycles. The van der Waals surface area contributed by atoms with Crippen molar-refractivity contribution >= 4 is 39.1 Å². The number of nitrogens with one attached hydrogen (secondary N) is 4. The molecule has 1 atom stereocenters. The maximum Gasteiger partial charge on any atom is 0.305 e. The Hall–Kier alpha value is -6.34. The van der Waals surface area contributed by atoms with Crippen LogP contribution in [0.2, 0.25) is 0 Å². The number of ether oxygens (including phenoxy) is 3. The van der Waals surface area contributed by atoms with Gasteiger partial charge in [-0.2, -0.15) is 0 Å². The number of esters is 1. The molecule has 0 heterocycles. The summed E-state index contributed by atoms with van der Waals surface area (Å²) >= 11 is 0. The van der Waals surface area contributed by atoms with Gasteiger partial charge in [0.05, 0.1) is 23.3 Å². The number of amides is 1. The van der Waals surface area contributed by atoms with Gasteiger partial charge in [-0.05, 0) is 53.6 Å². The van der Waals surface area contributed by atoms with Crippen LogP contribution in [0.1, 0.15) is 29.2 Å². The van der Waals surface area contributed by atoms with E-state index in [0.717, 1.165) is 18.1 Å². The first-order valence-corrected chi connectivity index (χ1v) is 17.2. The molecule has 0 aliphatic carbocycles. The molecule has 0 saturated carbocycles. The average molecular weight is 708 g/mol. The molecule has 13 heteroatoms. The summed E-state index contributed by atoms with van der Waals surface area (Å²) < 4.78 is 48.0. The van der Waals surface area contributed by atoms with E-state index in [-0.39, 0.29) is 52.3 Å². The van der Waals surface area contributed by atoms with Crippen LogP contribution < -0.4 is 30.6 Å². The van der Waals surface area contributed by atoms with Crippen LogP contribution in [0.15, 0.2) is 132 Å². The molecule has 0 bridgehead atoms. The van der Waals surface area contributed by atoms with Gasteiger partial charge in [0.1, 0.15) is 12.4 Å². The molecule has 6 N–H and O–H groups in total. The fourth-order valence-electron chi connectivity index (χ4n) is 5.17. The molecule has 5 aromatic carbocycles. The molecule has 0 spiro atoms. The molecular formula is C38H37N5O7S. The van der Waals surface area contributed by atoms with Crippen molar-refractivity contribution in [3.63, 3.8) is 0 Å². The molecule has 0 aliphatic heterocycles. The number of sulfonamides is 1. The zero-order valence-electron chi connectivity index (χ0n) is 27.9. The lowest BCUT2D eigenvalue weighted by Gasteiger charge is -2.35. The fourth-order valence-corrected chi connectivity index (χ4v) is 6.27. The van der Waals surface area contributed by atoms with E-state index in [2.05, 4.69) is 15.4 Å². The maximum atomic E-state index is 14.6. The fraction of sp³-hybridized carbons (Fsp3) is 0.132. The van der Waals surface area contributed by atoms with Crippen LogP contribution in [-0.2, 0) is 43.2 Å². The van der Waals surface area contributed by atoms with Crippen molar-refractivity contribution in [1.29, 1.82) is 5.41 Å². The van der Waals surface area contributed by atoms with Gasteiger partial charge in [0.2, 0.25) is 0 Å². The highest BCUT2D eigenvalue weighted by atomic mass is 32.2. The largest absolute Gasteiger partial charge is 0.493 e. The van der Waals surface area contributed by atoms with Crippen molar-refractivity contribution in [2.75, 3.05) is 17.1 Å². The number of rotatable bonds is 15. The highest BCUT2D eigenvalue weighted by Gasteiger charge is 2.47. The number of nitrogens with two attached hydrogens (primary N) is 1. The van der Waals surface area contributed by atoms with Crippen LogP contribution in [-0.4, -0.2) is 33.2 Å². The summed E-state index contributed by atoms with van der Waals surface area (Å²) in [4.78, 5) is 27.5. The Kier molecular flexibility index (Phi) is 11.2. The smallest absolute Gasteiger partial charge is 0.305 e. The number of benzene rings is 5. The summed E-state index contributed by atoms with van der Waals surface area (Å²) in [7, 11) is -2.89. The van der Waals surface area contributed by atoms with E-state index >= 15 is 0 Å². The Bertz CT molecular complexity index is 2100. The molecule has 5 rings (SSSR count). The predicted molar refractivity (Wildman–Crippen MR) is 194 cm³/mol. The second-order valence-electron chi connectivity index (χ2n) is 11.3. The van der Waals surface area contributed by atoms with E-state index in [1.807, 2.05) is 60.7 Å². The first-order valence-electron chi connectivity index (χ1n) is 15.7. The molecule has 12 nitrogen and oxygen atoms in total. The summed E-state index contributed by atoms with van der Waals surface area (Å²) in [5, 5.41) is 13.7. The van der Waals surface area contributed by atoms with E-state index in [1.165, 1.54) is 31.4 Å². The van der Waals surface area contributed by atoms with E-state index in [1.54, 1.807) is 42.5 Å². The highest BCUT2D eigenvalue weighted by molar-refractivity contribution is 7.92. The van der Waals surface area contributed by atoms with Gasteiger partial charge in [-0.1, -0.05) is 78.9 Å². The molecule has 1 unspecified atom stereocenters. The van der Waals surface area contributed by atoms with Crippen LogP contribution in [0, 0.1) is 5.41 Å². The van der Waals surface area contributed by atoms with E-state index in [0.29, 0.717) is 5.56 Å². The van der Waals surface area contributed by atoms with Crippen LogP contribution in [0.5, 0.6) is 11.5 Å². The monoisotopic (exact) mass is 707 g/mol. The Morgan fingerprint density at radius 2 is 1.39 bits per heavy atom. The van der Waals surface area contributed by atoms with E-state index in [4.69, 9.17) is 25.4 Å². The minimum atomic E-state index is -4.28. The minimum absolute atomic E-state index is 0.0358. The summed E-state index contributed by atoms with van der Waals surface area (Å²) in [5.41, 5.74) is 5.26. The van der Waals surface area contributed by atoms with Gasteiger partial charge < -0.3 is 30.6 Å². The number of nitrogen functional groups attached to an aromatic ring is 1. The zero-order chi connectivity index (χ0) is 36.4. The van der Waals surface area contributed by atoms with Crippen LogP contribution in [0.3, 0.4) is 0 Å². The van der Waals surface area contributed by atoms with Gasteiger partial charge in [0.25, 0.3) is 21.7 Å². The van der Waals surface area contributed by atoms with Crippen molar-refractivity contribution in [3.8, 4) is 11.5 Å². The summed E-state index contributed by atoms with van der Waals surface area (Å²) in [6.45, 7) is 1.27. The van der Waals surface area contributed by atoms with E-state index < -0.39 is 27.6 Å². The van der Waals surface area contributed by atoms with Crippen molar-refractivity contribution < 1.29 is 32.2 Å². The Balaban J connectivity index is 1.72. The zero-order valence-corrected chi connectivity index (χ0v) is 28.7. The molecule has 0 saturated heterocycles. The first kappa shape index (κ1) is 36.0. The van der Waals surface area contributed by atoms with Crippen molar-refractivity contribution in [2.24, 2.45) is 5.73 Å². The molecule has 5 aromatic rings. The van der Waals surface area contributed by atoms with Crippen LogP contribution in [0.25, 0.3) is 0 Å². The predicted octanol–water partition coefficient (Wildman–Crippen LogP) is 5.50. The molecule has 0 radical (unpaired) electrons. The van der Waals surface area contributed by atoms with E-state index in [9.17, 15) is 18.0 Å². The number of hydrogen-bond acceptors (Lipinski definition) is 9. The van der Waals surface area contributed by atoms with Crippen molar-refractivity contribution in [3.05, 3.63) is 150 Å². The lowest BCUT2D eigenvalue weighted by molar-refractivity contribution is -0.165. The topological polar surface area (TPSA) is 182 Å². The number of amidine groups is 1. The molecule has 0 fully saturated rings. The molecule has 0 aliphatic rings. The lowest BCUT2D eigenvalue weighted by Crippen LogP contribution is -2.53. The third kappa shape index (κ3) is 8.83. The second-order valence-corrected chi connectivity index (χ2v) is 13.0. The van der Waals surface area contributed by atoms with Gasteiger partial charge in [0.15, 0.2) is 11.5 Å². The lowest BCUT2D eigenvalue weighted by atomic mass is 9.97. The summed E-state index contributed by atoms with van der Waals surface area (Å²) in [6, 6.07) is 35.0. The summed E-state index contributed by atoms with van der Waals surface area (Å²) in [5.74, 6) is -1.62. The minimum Gasteiger partial charge on any atom is -0.493 e. The van der Waals surface area contributed by atoms with Crippen molar-refractivity contribution in [2.45, 2.75) is 30.7 Å². The normalized spacial score (nSPS) is 12.1. The maximum absolute atomic E-state index is 14.6. The third-order valence-electron chi connectivity index (χ3n) is 7.65. The van der Waals surface area contributed by atoms with Gasteiger partial charge in [-0.15, -0.1) is 0 Å². The third-order valence-corrected chi connectivity index (χ3v) is 9.03. The number of methoxy groups -OCH3 is 1. The average Bonchev–Trinajstić information content (AvgIpc) is 3.13. The van der Waals surface area contributed by atoms with Gasteiger partial charge >= 0.3 is 5.97 Å². The number of carbonyl (C=O) groups is 2. The quantitative estimate of drug-likeness (QED) is 0.0406. The Labute approximate surface area is 296 Å². The molecule has 262 valence electrons. The standard InChI is InChI=1S/C38H37N5O7S/c1-26(44)50-38(37(45)41-24-27-12-6-3-7-13-27,42-30-20-18-29(19-21-30)36(39)40)32-22-34(48-2)35(49-25-28-14-8-4-9-15-28)23-33(32)43-51(46,47)31-16-10-5-11-17-31/h3-23,42-43H,24-25H2,1-2H3,(H3,39,40)(H,41,45). The number of anilines is 2. The van der Waals surface area contributed by atoms with Crippen molar-refractivity contribution in [1.82, 2.24) is 5.32 Å².